The first-order chi connectivity index (χ1) is 19.4. The summed E-state index contributed by atoms with van der Waals surface area (Å²) < 4.78 is 3.18. The number of hydrogen-bond acceptors (Lipinski definition) is 6. The summed E-state index contributed by atoms with van der Waals surface area (Å²) in [5.74, 6) is 1.01. The molecule has 1 aliphatic rings. The molecule has 1 amide bonds. The highest BCUT2D eigenvalue weighted by molar-refractivity contribution is 8.00. The predicted octanol–water partition coefficient (Wildman–Crippen LogP) is 6.78. The number of nitrogens with one attached hydrogen (secondary N) is 2. The summed E-state index contributed by atoms with van der Waals surface area (Å²) in [5.41, 5.74) is 4.40. The minimum absolute atomic E-state index is 0.0716. The Morgan fingerprint density at radius 2 is 1.80 bits per heavy atom. The lowest BCUT2D eigenvalue weighted by Gasteiger charge is -2.37. The van der Waals surface area contributed by atoms with E-state index in [-0.39, 0.29) is 16.9 Å². The summed E-state index contributed by atoms with van der Waals surface area (Å²) in [7, 11) is 0. The van der Waals surface area contributed by atoms with Crippen LogP contribution in [0.25, 0.3) is 11.3 Å². The maximum Gasteiger partial charge on any atom is 0.253 e. The highest BCUT2D eigenvalue weighted by atomic mass is 32.2. The average molecular weight is 576 g/mol. The van der Waals surface area contributed by atoms with Crippen LogP contribution in [0, 0.1) is 25.2 Å². The second-order valence-corrected chi connectivity index (χ2v) is 13.8. The maximum atomic E-state index is 13.7. The minimum Gasteiger partial charge on any atom is -0.337 e. The van der Waals surface area contributed by atoms with Crippen molar-refractivity contribution in [3.8, 4) is 11.3 Å². The molecule has 1 atom stereocenters. The van der Waals surface area contributed by atoms with E-state index in [2.05, 4.69) is 54.2 Å². The summed E-state index contributed by atoms with van der Waals surface area (Å²) in [4.78, 5) is 39.2. The number of carbonyl (C=O) groups excluding carboxylic acids is 1. The highest BCUT2D eigenvalue weighted by Crippen LogP contribution is 2.27. The molecule has 0 spiro atoms. The number of aromatic amines is 1. The molecular formula is C33H45N5O2S. The Bertz CT molecular complexity index is 1390. The number of hydrogen-bond donors (Lipinski definition) is 2. The summed E-state index contributed by atoms with van der Waals surface area (Å²) in [6.07, 6.45) is 2.05. The van der Waals surface area contributed by atoms with E-state index >= 15 is 0 Å². The summed E-state index contributed by atoms with van der Waals surface area (Å²) >= 11 is 1.33. The van der Waals surface area contributed by atoms with Gasteiger partial charge in [-0.05, 0) is 79.3 Å². The molecule has 1 aromatic heterocycles. The van der Waals surface area contributed by atoms with Gasteiger partial charge in [0.05, 0.1) is 5.69 Å². The van der Waals surface area contributed by atoms with Gasteiger partial charge in [0.2, 0.25) is 5.95 Å². The van der Waals surface area contributed by atoms with Crippen molar-refractivity contribution in [2.45, 2.75) is 72.2 Å². The second-order valence-electron chi connectivity index (χ2n) is 12.9. The monoisotopic (exact) mass is 575 g/mol. The SMILES string of the molecule is Cc1cccc(C)c1-c1cc(=O)[nH]c(NSc2cccc(C(=O)N3CCCN(CC(C)(C)C)[C@@H](CC(C)C)C3)c2)n1. The van der Waals surface area contributed by atoms with Crippen molar-refractivity contribution in [1.82, 2.24) is 19.8 Å². The fraction of sp³-hybridized carbons (Fsp3) is 0.485. The van der Waals surface area contributed by atoms with Gasteiger partial charge in [0.25, 0.3) is 11.5 Å². The molecule has 0 unspecified atom stereocenters. The van der Waals surface area contributed by atoms with Gasteiger partial charge >= 0.3 is 0 Å². The average Bonchev–Trinajstić information content (AvgIpc) is 3.07. The Balaban J connectivity index is 1.48. The van der Waals surface area contributed by atoms with Gasteiger partial charge in [0.15, 0.2) is 0 Å². The van der Waals surface area contributed by atoms with E-state index in [4.69, 9.17) is 0 Å². The molecule has 1 saturated heterocycles. The number of carbonyl (C=O) groups is 1. The van der Waals surface area contributed by atoms with Crippen LogP contribution in [0.4, 0.5) is 5.95 Å². The van der Waals surface area contributed by atoms with E-state index in [9.17, 15) is 9.59 Å². The lowest BCUT2D eigenvalue weighted by molar-refractivity contribution is 0.0701. The highest BCUT2D eigenvalue weighted by Gasteiger charge is 2.30. The van der Waals surface area contributed by atoms with Gasteiger partial charge in [-0.2, -0.15) is 0 Å². The number of anilines is 1. The Hall–Kier alpha value is -3.10. The van der Waals surface area contributed by atoms with E-state index in [0.717, 1.165) is 60.6 Å². The van der Waals surface area contributed by atoms with Crippen LogP contribution in [-0.2, 0) is 0 Å². The van der Waals surface area contributed by atoms with Gasteiger partial charge in [-0.1, -0.05) is 58.9 Å². The van der Waals surface area contributed by atoms with Crippen LogP contribution in [0.15, 0.2) is 58.2 Å². The smallest absolute Gasteiger partial charge is 0.253 e. The molecule has 8 heteroatoms. The second kappa shape index (κ2) is 13.3. The van der Waals surface area contributed by atoms with Gasteiger partial charge < -0.3 is 4.90 Å². The zero-order valence-electron chi connectivity index (χ0n) is 25.6. The quantitative estimate of drug-likeness (QED) is 0.288. The largest absolute Gasteiger partial charge is 0.337 e. The number of amides is 1. The molecular weight excluding hydrogens is 530 g/mol. The zero-order chi connectivity index (χ0) is 29.7. The van der Waals surface area contributed by atoms with Gasteiger partial charge in [-0.3, -0.25) is 24.2 Å². The van der Waals surface area contributed by atoms with Gasteiger partial charge in [-0.25, -0.2) is 4.98 Å². The van der Waals surface area contributed by atoms with Gasteiger partial charge in [0, 0.05) is 54.3 Å². The number of benzene rings is 2. The lowest BCUT2D eigenvalue weighted by Crippen LogP contribution is -2.46. The molecule has 2 heterocycles. The van der Waals surface area contributed by atoms with Crippen molar-refractivity contribution in [1.29, 1.82) is 0 Å². The summed E-state index contributed by atoms with van der Waals surface area (Å²) in [6.45, 7) is 19.0. The van der Waals surface area contributed by atoms with Crippen LogP contribution in [0.2, 0.25) is 0 Å². The molecule has 0 saturated carbocycles. The fourth-order valence-electron chi connectivity index (χ4n) is 5.71. The van der Waals surface area contributed by atoms with Crippen molar-refractivity contribution in [3.63, 3.8) is 0 Å². The molecule has 4 rings (SSSR count). The van der Waals surface area contributed by atoms with Crippen LogP contribution >= 0.6 is 11.9 Å². The van der Waals surface area contributed by atoms with E-state index < -0.39 is 0 Å². The van der Waals surface area contributed by atoms with Crippen LogP contribution in [0.3, 0.4) is 0 Å². The normalized spacial score (nSPS) is 16.6. The molecule has 41 heavy (non-hydrogen) atoms. The van der Waals surface area contributed by atoms with E-state index in [0.29, 0.717) is 29.2 Å². The van der Waals surface area contributed by atoms with E-state index in [1.165, 1.54) is 18.0 Å². The topological polar surface area (TPSA) is 81.3 Å². The summed E-state index contributed by atoms with van der Waals surface area (Å²) in [5, 5.41) is 0. The molecule has 3 aromatic rings. The molecule has 0 aliphatic carbocycles. The van der Waals surface area contributed by atoms with Crippen LogP contribution in [0.5, 0.6) is 0 Å². The van der Waals surface area contributed by atoms with E-state index in [1.54, 1.807) is 0 Å². The first kappa shape index (κ1) is 30.8. The number of H-pyrrole nitrogens is 1. The standard InChI is InChI=1S/C33H45N5O2S/c1-22(2)17-26-20-37(15-10-16-38(26)21-33(5,6)7)31(40)25-13-9-14-27(18-25)41-36-32-34-28(19-29(39)35-32)30-23(3)11-8-12-24(30)4/h8-9,11-14,18-19,22,26H,10,15-17,20-21H2,1-7H3,(H2,34,35,36,39)/t26-/m0/s1. The number of aryl methyl sites for hydroxylation is 2. The van der Waals surface area contributed by atoms with Crippen molar-refractivity contribution in [3.05, 3.63) is 75.6 Å². The predicted molar refractivity (Wildman–Crippen MR) is 170 cm³/mol. The van der Waals surface area contributed by atoms with Crippen LogP contribution in [0.1, 0.15) is 68.9 Å². The first-order valence-electron chi connectivity index (χ1n) is 14.6. The van der Waals surface area contributed by atoms with Gasteiger partial charge in [-0.15, -0.1) is 0 Å². The first-order valence-corrected chi connectivity index (χ1v) is 15.5. The third-order valence-corrected chi connectivity index (χ3v) is 8.14. The van der Waals surface area contributed by atoms with Gasteiger partial charge in [0.1, 0.15) is 0 Å². The van der Waals surface area contributed by atoms with Crippen molar-refractivity contribution in [2.75, 3.05) is 30.9 Å². The van der Waals surface area contributed by atoms with Crippen LogP contribution in [-0.4, -0.2) is 57.9 Å². The lowest BCUT2D eigenvalue weighted by atomic mass is 9.93. The third-order valence-electron chi connectivity index (χ3n) is 7.35. The molecule has 220 valence electrons. The minimum atomic E-state index is -0.220. The fourth-order valence-corrected chi connectivity index (χ4v) is 6.36. The van der Waals surface area contributed by atoms with Crippen molar-refractivity contribution < 1.29 is 4.79 Å². The molecule has 0 bridgehead atoms. The number of aromatic nitrogens is 2. The number of nitrogens with zero attached hydrogens (tertiary/aromatic N) is 3. The Morgan fingerprint density at radius 3 is 2.49 bits per heavy atom. The van der Waals surface area contributed by atoms with Crippen molar-refractivity contribution >= 4 is 23.8 Å². The Labute approximate surface area is 249 Å². The molecule has 1 aliphatic heterocycles. The van der Waals surface area contributed by atoms with Crippen molar-refractivity contribution in [2.24, 2.45) is 11.3 Å². The molecule has 0 radical (unpaired) electrons. The van der Waals surface area contributed by atoms with E-state index in [1.807, 2.05) is 61.2 Å². The molecule has 2 N–H and O–H groups in total. The Kier molecular flexibility index (Phi) is 9.97. The molecule has 7 nitrogen and oxygen atoms in total. The number of rotatable bonds is 8. The Morgan fingerprint density at radius 1 is 1.10 bits per heavy atom. The third kappa shape index (κ3) is 8.46. The van der Waals surface area contributed by atoms with Crippen LogP contribution < -0.4 is 10.3 Å². The maximum absolute atomic E-state index is 13.7. The molecule has 1 fully saturated rings. The zero-order valence-corrected chi connectivity index (χ0v) is 26.4. The molecule has 2 aromatic carbocycles. The summed E-state index contributed by atoms with van der Waals surface area (Å²) in [6, 6.07) is 15.6.